The highest BCUT2D eigenvalue weighted by Crippen LogP contribution is 2.31. The van der Waals surface area contributed by atoms with Crippen LogP contribution in [0.1, 0.15) is 24.9 Å². The minimum Gasteiger partial charge on any atom is -0.466 e. The highest BCUT2D eigenvalue weighted by atomic mass is 35.5. The monoisotopic (exact) mass is 297 g/mol. The normalized spacial score (nSPS) is 17.7. The maximum absolute atomic E-state index is 11.9. The minimum atomic E-state index is -0.191. The van der Waals surface area contributed by atoms with E-state index >= 15 is 0 Å². The summed E-state index contributed by atoms with van der Waals surface area (Å²) < 4.78 is 10.5. The molecule has 1 aliphatic rings. The van der Waals surface area contributed by atoms with Crippen molar-refractivity contribution in [2.75, 3.05) is 32.9 Å². The van der Waals surface area contributed by atoms with E-state index in [2.05, 4.69) is 4.90 Å². The van der Waals surface area contributed by atoms with Crippen LogP contribution in [0.5, 0.6) is 0 Å². The third kappa shape index (κ3) is 3.95. The molecule has 1 aliphatic heterocycles. The van der Waals surface area contributed by atoms with Crippen molar-refractivity contribution in [1.29, 1.82) is 0 Å². The lowest BCUT2D eigenvalue weighted by Gasteiger charge is -2.34. The number of carbonyl (C=O) groups is 1. The fourth-order valence-electron chi connectivity index (χ4n) is 2.45. The average Bonchev–Trinajstić information content (AvgIpc) is 2.47. The molecule has 1 unspecified atom stereocenters. The van der Waals surface area contributed by atoms with Gasteiger partial charge in [-0.1, -0.05) is 29.8 Å². The number of benzene rings is 1. The molecule has 1 atom stereocenters. The first kappa shape index (κ1) is 15.3. The predicted molar refractivity (Wildman–Crippen MR) is 77.8 cm³/mol. The predicted octanol–water partition coefficient (Wildman–Crippen LogP) is 2.67. The van der Waals surface area contributed by atoms with Crippen LogP contribution in [-0.2, 0) is 14.3 Å². The fraction of sp³-hybridized carbons (Fsp3) is 0.533. The van der Waals surface area contributed by atoms with E-state index in [0.29, 0.717) is 31.3 Å². The number of carbonyl (C=O) groups excluding carboxylic acids is 1. The molecule has 0 saturated carbocycles. The molecule has 0 radical (unpaired) electrons. The summed E-state index contributed by atoms with van der Waals surface area (Å²) in [6.07, 6.45) is 0.317. The van der Waals surface area contributed by atoms with Crippen molar-refractivity contribution < 1.29 is 14.3 Å². The summed E-state index contributed by atoms with van der Waals surface area (Å²) in [7, 11) is 0. The zero-order valence-corrected chi connectivity index (χ0v) is 12.4. The third-order valence-corrected chi connectivity index (χ3v) is 3.76. The minimum absolute atomic E-state index is 0.0494. The second-order valence-corrected chi connectivity index (χ2v) is 5.10. The molecule has 4 nitrogen and oxygen atoms in total. The maximum Gasteiger partial charge on any atom is 0.307 e. The van der Waals surface area contributed by atoms with Crippen LogP contribution in [0, 0.1) is 0 Å². The second-order valence-electron chi connectivity index (χ2n) is 4.69. The van der Waals surface area contributed by atoms with E-state index in [4.69, 9.17) is 21.1 Å². The van der Waals surface area contributed by atoms with Gasteiger partial charge in [-0.25, -0.2) is 0 Å². The van der Waals surface area contributed by atoms with Crippen molar-refractivity contribution in [3.8, 4) is 0 Å². The first-order valence-corrected chi connectivity index (χ1v) is 7.32. The van der Waals surface area contributed by atoms with Gasteiger partial charge in [0.25, 0.3) is 0 Å². The molecular formula is C15H20ClNO3. The van der Waals surface area contributed by atoms with Gasteiger partial charge in [0.15, 0.2) is 0 Å². The molecule has 0 amide bonds. The Hall–Kier alpha value is -1.10. The Morgan fingerprint density at radius 3 is 2.75 bits per heavy atom. The van der Waals surface area contributed by atoms with E-state index in [0.717, 1.165) is 18.7 Å². The van der Waals surface area contributed by atoms with E-state index in [1.807, 2.05) is 31.2 Å². The van der Waals surface area contributed by atoms with Crippen molar-refractivity contribution in [3.63, 3.8) is 0 Å². The number of hydrogen-bond acceptors (Lipinski definition) is 4. The van der Waals surface area contributed by atoms with Gasteiger partial charge in [0.1, 0.15) is 0 Å². The Labute approximate surface area is 124 Å². The van der Waals surface area contributed by atoms with Crippen LogP contribution in [-0.4, -0.2) is 43.8 Å². The summed E-state index contributed by atoms with van der Waals surface area (Å²) in [5.41, 5.74) is 0.976. The second kappa shape index (κ2) is 7.62. The van der Waals surface area contributed by atoms with E-state index in [1.54, 1.807) is 0 Å². The number of rotatable bonds is 5. The van der Waals surface area contributed by atoms with Gasteiger partial charge in [0, 0.05) is 24.2 Å². The van der Waals surface area contributed by atoms with Gasteiger partial charge >= 0.3 is 5.97 Å². The van der Waals surface area contributed by atoms with E-state index in [-0.39, 0.29) is 12.0 Å². The zero-order chi connectivity index (χ0) is 14.4. The Kier molecular flexibility index (Phi) is 5.83. The van der Waals surface area contributed by atoms with Crippen molar-refractivity contribution in [3.05, 3.63) is 34.9 Å². The van der Waals surface area contributed by atoms with Crippen molar-refractivity contribution in [2.45, 2.75) is 19.4 Å². The van der Waals surface area contributed by atoms with Crippen molar-refractivity contribution in [1.82, 2.24) is 4.90 Å². The number of morpholine rings is 1. The molecule has 5 heteroatoms. The number of esters is 1. The Morgan fingerprint density at radius 2 is 2.10 bits per heavy atom. The zero-order valence-electron chi connectivity index (χ0n) is 11.7. The molecule has 1 aromatic carbocycles. The molecule has 1 fully saturated rings. The van der Waals surface area contributed by atoms with Crippen LogP contribution in [0.4, 0.5) is 0 Å². The van der Waals surface area contributed by atoms with Crippen LogP contribution < -0.4 is 0 Å². The van der Waals surface area contributed by atoms with Crippen molar-refractivity contribution >= 4 is 17.6 Å². The van der Waals surface area contributed by atoms with Crippen LogP contribution in [0.25, 0.3) is 0 Å². The molecule has 0 aliphatic carbocycles. The van der Waals surface area contributed by atoms with Gasteiger partial charge in [-0.15, -0.1) is 0 Å². The van der Waals surface area contributed by atoms with Gasteiger partial charge in [0.2, 0.25) is 0 Å². The summed E-state index contributed by atoms with van der Waals surface area (Å²) in [4.78, 5) is 14.1. The largest absolute Gasteiger partial charge is 0.466 e. The summed E-state index contributed by atoms with van der Waals surface area (Å²) in [5, 5.41) is 0.688. The van der Waals surface area contributed by atoms with E-state index in [9.17, 15) is 4.79 Å². The van der Waals surface area contributed by atoms with E-state index in [1.165, 1.54) is 0 Å². The lowest BCUT2D eigenvalue weighted by Crippen LogP contribution is -2.40. The maximum atomic E-state index is 11.9. The van der Waals surface area contributed by atoms with Crippen LogP contribution in [0.2, 0.25) is 5.02 Å². The summed E-state index contributed by atoms with van der Waals surface area (Å²) in [5.74, 6) is -0.191. The molecule has 0 aromatic heterocycles. The van der Waals surface area contributed by atoms with Crippen LogP contribution in [0.15, 0.2) is 24.3 Å². The van der Waals surface area contributed by atoms with Crippen LogP contribution in [0.3, 0.4) is 0 Å². The molecule has 110 valence electrons. The highest BCUT2D eigenvalue weighted by molar-refractivity contribution is 6.31. The lowest BCUT2D eigenvalue weighted by atomic mass is 10.0. The number of ether oxygens (including phenoxy) is 2. The lowest BCUT2D eigenvalue weighted by molar-refractivity contribution is -0.145. The quantitative estimate of drug-likeness (QED) is 0.783. The van der Waals surface area contributed by atoms with Gasteiger partial charge in [-0.05, 0) is 18.6 Å². The summed E-state index contributed by atoms with van der Waals surface area (Å²) in [6.45, 7) is 5.19. The third-order valence-electron chi connectivity index (χ3n) is 3.42. The van der Waals surface area contributed by atoms with Gasteiger partial charge in [0.05, 0.1) is 26.2 Å². The molecule has 2 rings (SSSR count). The van der Waals surface area contributed by atoms with Crippen molar-refractivity contribution in [2.24, 2.45) is 0 Å². The molecule has 0 N–H and O–H groups in total. The SMILES string of the molecule is CCOC(=O)CC(c1ccccc1Cl)N1CCOCC1. The number of halogens is 1. The Balaban J connectivity index is 2.19. The van der Waals surface area contributed by atoms with Gasteiger partial charge in [-0.3, -0.25) is 9.69 Å². The molecule has 0 spiro atoms. The number of nitrogens with zero attached hydrogens (tertiary/aromatic N) is 1. The van der Waals surface area contributed by atoms with E-state index < -0.39 is 0 Å². The topological polar surface area (TPSA) is 38.8 Å². The fourth-order valence-corrected chi connectivity index (χ4v) is 2.71. The molecule has 0 bridgehead atoms. The van der Waals surface area contributed by atoms with Gasteiger partial charge in [-0.2, -0.15) is 0 Å². The van der Waals surface area contributed by atoms with Crippen LogP contribution >= 0.6 is 11.6 Å². The average molecular weight is 298 g/mol. The number of hydrogen-bond donors (Lipinski definition) is 0. The first-order valence-electron chi connectivity index (χ1n) is 6.94. The van der Waals surface area contributed by atoms with Gasteiger partial charge < -0.3 is 9.47 Å². The molecule has 1 aromatic rings. The summed E-state index contributed by atoms with van der Waals surface area (Å²) >= 11 is 6.29. The molecular weight excluding hydrogens is 278 g/mol. The smallest absolute Gasteiger partial charge is 0.307 e. The standard InChI is InChI=1S/C15H20ClNO3/c1-2-20-15(18)11-14(17-7-9-19-10-8-17)12-5-3-4-6-13(12)16/h3-6,14H,2,7-11H2,1H3. The Bertz CT molecular complexity index is 446. The highest BCUT2D eigenvalue weighted by Gasteiger charge is 2.27. The molecule has 1 heterocycles. The Morgan fingerprint density at radius 1 is 1.40 bits per heavy atom. The molecule has 1 saturated heterocycles. The summed E-state index contributed by atoms with van der Waals surface area (Å²) in [6, 6.07) is 7.62. The first-order chi connectivity index (χ1) is 9.72. The molecule has 20 heavy (non-hydrogen) atoms.